The topological polar surface area (TPSA) is 29.3 Å². The standard InChI is InChI=1S/C12H24N2S/c1-9-6-14(7-10(9)2)12(5-13)11-3-4-15-8-11/h9-12H,3-8,13H2,1-2H3. The first-order valence-corrected chi connectivity index (χ1v) is 7.39. The van der Waals surface area contributed by atoms with Gasteiger partial charge < -0.3 is 5.73 Å². The van der Waals surface area contributed by atoms with Gasteiger partial charge in [0.15, 0.2) is 0 Å². The Morgan fingerprint density at radius 1 is 1.33 bits per heavy atom. The zero-order chi connectivity index (χ0) is 10.8. The number of nitrogens with two attached hydrogens (primary N) is 1. The minimum atomic E-state index is 0.660. The molecule has 2 N–H and O–H groups in total. The van der Waals surface area contributed by atoms with E-state index in [0.717, 1.165) is 24.3 Å². The lowest BCUT2D eigenvalue weighted by Gasteiger charge is -2.31. The molecule has 15 heavy (non-hydrogen) atoms. The molecule has 2 fully saturated rings. The van der Waals surface area contributed by atoms with Crippen molar-refractivity contribution in [3.05, 3.63) is 0 Å². The molecule has 2 nitrogen and oxygen atoms in total. The molecule has 88 valence electrons. The van der Waals surface area contributed by atoms with Gasteiger partial charge >= 0.3 is 0 Å². The monoisotopic (exact) mass is 228 g/mol. The third-order valence-electron chi connectivity index (χ3n) is 4.24. The summed E-state index contributed by atoms with van der Waals surface area (Å²) in [4.78, 5) is 2.66. The van der Waals surface area contributed by atoms with Gasteiger partial charge in [0.25, 0.3) is 0 Å². The van der Waals surface area contributed by atoms with Crippen LogP contribution in [0.3, 0.4) is 0 Å². The number of hydrogen-bond acceptors (Lipinski definition) is 3. The van der Waals surface area contributed by atoms with Crippen molar-refractivity contribution in [1.82, 2.24) is 4.90 Å². The molecule has 4 atom stereocenters. The molecule has 0 bridgehead atoms. The largest absolute Gasteiger partial charge is 0.329 e. The van der Waals surface area contributed by atoms with Crippen molar-refractivity contribution < 1.29 is 0 Å². The highest BCUT2D eigenvalue weighted by atomic mass is 32.2. The molecule has 0 amide bonds. The second kappa shape index (κ2) is 5.07. The highest BCUT2D eigenvalue weighted by Crippen LogP contribution is 2.32. The number of hydrogen-bond donors (Lipinski definition) is 1. The molecule has 0 radical (unpaired) electrons. The molecule has 2 heterocycles. The summed E-state index contributed by atoms with van der Waals surface area (Å²) in [5, 5.41) is 0. The zero-order valence-corrected chi connectivity index (χ0v) is 10.8. The van der Waals surface area contributed by atoms with E-state index in [0.29, 0.717) is 6.04 Å². The Labute approximate surface area is 98.0 Å². The molecule has 2 saturated heterocycles. The molecule has 0 aliphatic carbocycles. The van der Waals surface area contributed by atoms with E-state index < -0.39 is 0 Å². The SMILES string of the molecule is CC1CN(C(CN)C2CCSC2)CC1C. The predicted octanol–water partition coefficient (Wildman–Crippen LogP) is 1.65. The highest BCUT2D eigenvalue weighted by molar-refractivity contribution is 7.99. The Morgan fingerprint density at radius 2 is 2.00 bits per heavy atom. The summed E-state index contributed by atoms with van der Waals surface area (Å²) in [5.41, 5.74) is 5.97. The van der Waals surface area contributed by atoms with Gasteiger partial charge in [0.2, 0.25) is 0 Å². The van der Waals surface area contributed by atoms with E-state index >= 15 is 0 Å². The van der Waals surface area contributed by atoms with Gasteiger partial charge in [0, 0.05) is 25.7 Å². The molecular formula is C12H24N2S. The summed E-state index contributed by atoms with van der Waals surface area (Å²) in [5.74, 6) is 5.25. The first-order valence-electron chi connectivity index (χ1n) is 6.24. The molecule has 0 aromatic rings. The van der Waals surface area contributed by atoms with Crippen LogP contribution in [-0.2, 0) is 0 Å². The maximum absolute atomic E-state index is 5.97. The Balaban J connectivity index is 1.94. The zero-order valence-electron chi connectivity index (χ0n) is 9.98. The number of nitrogens with zero attached hydrogens (tertiary/aromatic N) is 1. The molecule has 2 rings (SSSR count). The average molecular weight is 228 g/mol. The fourth-order valence-electron chi connectivity index (χ4n) is 2.94. The number of rotatable bonds is 3. The van der Waals surface area contributed by atoms with Crippen LogP contribution in [0.1, 0.15) is 20.3 Å². The van der Waals surface area contributed by atoms with E-state index in [1.807, 2.05) is 0 Å². The van der Waals surface area contributed by atoms with Gasteiger partial charge in [0.05, 0.1) is 0 Å². The van der Waals surface area contributed by atoms with E-state index in [2.05, 4.69) is 30.5 Å². The van der Waals surface area contributed by atoms with Crippen molar-refractivity contribution in [2.75, 3.05) is 31.1 Å². The Kier molecular flexibility index (Phi) is 3.97. The van der Waals surface area contributed by atoms with E-state index in [4.69, 9.17) is 5.73 Å². The molecular weight excluding hydrogens is 204 g/mol. The quantitative estimate of drug-likeness (QED) is 0.796. The van der Waals surface area contributed by atoms with Crippen LogP contribution in [0.4, 0.5) is 0 Å². The summed E-state index contributed by atoms with van der Waals surface area (Å²) in [6.07, 6.45) is 1.38. The van der Waals surface area contributed by atoms with Crippen LogP contribution in [0.25, 0.3) is 0 Å². The third-order valence-corrected chi connectivity index (χ3v) is 5.42. The number of thioether (sulfide) groups is 1. The van der Waals surface area contributed by atoms with Crippen molar-refractivity contribution in [2.45, 2.75) is 26.3 Å². The van der Waals surface area contributed by atoms with Crippen molar-refractivity contribution >= 4 is 11.8 Å². The van der Waals surface area contributed by atoms with Gasteiger partial charge in [-0.3, -0.25) is 4.90 Å². The van der Waals surface area contributed by atoms with Gasteiger partial charge in [-0.15, -0.1) is 0 Å². The second-order valence-electron chi connectivity index (χ2n) is 5.34. The van der Waals surface area contributed by atoms with E-state index in [9.17, 15) is 0 Å². The fraction of sp³-hybridized carbons (Fsp3) is 1.00. The summed E-state index contributed by atoms with van der Waals surface area (Å²) in [7, 11) is 0. The molecule has 2 aliphatic rings. The van der Waals surface area contributed by atoms with Gasteiger partial charge in [-0.2, -0.15) is 11.8 Å². The molecule has 4 unspecified atom stereocenters. The van der Waals surface area contributed by atoms with Gasteiger partial charge in [-0.25, -0.2) is 0 Å². The lowest BCUT2D eigenvalue weighted by atomic mass is 9.98. The fourth-order valence-corrected chi connectivity index (χ4v) is 4.27. The van der Waals surface area contributed by atoms with Crippen LogP contribution in [0.5, 0.6) is 0 Å². The summed E-state index contributed by atoms with van der Waals surface area (Å²) in [6, 6.07) is 0.660. The first-order chi connectivity index (χ1) is 7.22. The summed E-state index contributed by atoms with van der Waals surface area (Å²) >= 11 is 2.10. The van der Waals surface area contributed by atoms with Crippen LogP contribution in [0.15, 0.2) is 0 Å². The number of likely N-dealkylation sites (tertiary alicyclic amines) is 1. The van der Waals surface area contributed by atoms with Crippen LogP contribution >= 0.6 is 11.8 Å². The molecule has 2 aliphatic heterocycles. The van der Waals surface area contributed by atoms with Gasteiger partial charge in [-0.05, 0) is 35.7 Å². The summed E-state index contributed by atoms with van der Waals surface area (Å²) in [6.45, 7) is 8.14. The van der Waals surface area contributed by atoms with Crippen molar-refractivity contribution in [1.29, 1.82) is 0 Å². The predicted molar refractivity (Wildman–Crippen MR) is 68.2 cm³/mol. The van der Waals surface area contributed by atoms with Crippen molar-refractivity contribution in [2.24, 2.45) is 23.5 Å². The molecule has 0 saturated carbocycles. The Morgan fingerprint density at radius 3 is 2.47 bits per heavy atom. The third kappa shape index (κ3) is 2.51. The van der Waals surface area contributed by atoms with Crippen molar-refractivity contribution in [3.63, 3.8) is 0 Å². The molecule has 0 spiro atoms. The van der Waals surface area contributed by atoms with Crippen LogP contribution in [0, 0.1) is 17.8 Å². The van der Waals surface area contributed by atoms with Crippen LogP contribution < -0.4 is 5.73 Å². The molecule has 0 aromatic carbocycles. The van der Waals surface area contributed by atoms with E-state index in [1.54, 1.807) is 0 Å². The minimum absolute atomic E-state index is 0.660. The lowest BCUT2D eigenvalue weighted by Crippen LogP contribution is -2.44. The van der Waals surface area contributed by atoms with Gasteiger partial charge in [0.1, 0.15) is 0 Å². The molecule has 0 aromatic heterocycles. The normalized spacial score (nSPS) is 39.8. The Bertz CT molecular complexity index is 194. The Hall–Kier alpha value is 0.270. The van der Waals surface area contributed by atoms with Crippen LogP contribution in [-0.4, -0.2) is 42.1 Å². The van der Waals surface area contributed by atoms with Crippen LogP contribution in [0.2, 0.25) is 0 Å². The van der Waals surface area contributed by atoms with Gasteiger partial charge in [-0.1, -0.05) is 13.8 Å². The van der Waals surface area contributed by atoms with E-state index in [-0.39, 0.29) is 0 Å². The minimum Gasteiger partial charge on any atom is -0.329 e. The second-order valence-corrected chi connectivity index (χ2v) is 6.49. The first kappa shape index (κ1) is 11.7. The molecule has 3 heteroatoms. The van der Waals surface area contributed by atoms with Crippen molar-refractivity contribution in [3.8, 4) is 0 Å². The smallest absolute Gasteiger partial charge is 0.0255 e. The lowest BCUT2D eigenvalue weighted by molar-refractivity contribution is 0.183. The average Bonchev–Trinajstić information content (AvgIpc) is 2.80. The maximum atomic E-state index is 5.97. The maximum Gasteiger partial charge on any atom is 0.0255 e. The summed E-state index contributed by atoms with van der Waals surface area (Å²) < 4.78 is 0. The van der Waals surface area contributed by atoms with E-state index in [1.165, 1.54) is 31.0 Å². The highest BCUT2D eigenvalue weighted by Gasteiger charge is 2.35.